The van der Waals surface area contributed by atoms with E-state index >= 15 is 0 Å². The second kappa shape index (κ2) is 5.20. The molecule has 2 N–H and O–H groups in total. The number of anilines is 1. The number of pyridine rings is 1. The molecule has 2 aromatic rings. The largest absolute Gasteiger partial charge is 0.478 e. The van der Waals surface area contributed by atoms with Crippen molar-refractivity contribution in [2.24, 2.45) is 0 Å². The Balaban J connectivity index is 2.23. The van der Waals surface area contributed by atoms with Crippen LogP contribution in [0.2, 0.25) is 0 Å². The van der Waals surface area contributed by atoms with Crippen molar-refractivity contribution >= 4 is 22.6 Å². The van der Waals surface area contributed by atoms with Crippen LogP contribution in [0.4, 0.5) is 23.2 Å². The van der Waals surface area contributed by atoms with E-state index in [1.807, 2.05) is 0 Å². The fourth-order valence-corrected chi connectivity index (χ4v) is 2.46. The first-order valence-corrected chi connectivity index (χ1v) is 6.41. The number of hydrazine groups is 1. The lowest BCUT2D eigenvalue weighted by atomic mass is 10.1. The van der Waals surface area contributed by atoms with Crippen LogP contribution in [0.1, 0.15) is 0 Å². The fraction of sp³-hybridized carbons (Fsp3) is 0.143. The number of allylic oxidation sites excluding steroid dienone is 1. The van der Waals surface area contributed by atoms with Crippen LogP contribution >= 0.6 is 0 Å². The van der Waals surface area contributed by atoms with E-state index in [1.165, 1.54) is 18.2 Å². The van der Waals surface area contributed by atoms with Crippen LogP contribution in [0.3, 0.4) is 0 Å². The van der Waals surface area contributed by atoms with Crippen LogP contribution in [0.5, 0.6) is 0 Å². The third-order valence-electron chi connectivity index (χ3n) is 3.39. The predicted octanol–water partition coefficient (Wildman–Crippen LogP) is 2.60. The third kappa shape index (κ3) is 2.48. The average molecular weight is 327 g/mol. The maximum Gasteiger partial charge on any atom is 0.433 e. The third-order valence-corrected chi connectivity index (χ3v) is 3.39. The summed E-state index contributed by atoms with van der Waals surface area (Å²) in [4.78, 5) is 14.9. The second-order valence-corrected chi connectivity index (χ2v) is 4.77. The van der Waals surface area contributed by atoms with Gasteiger partial charge in [0.2, 0.25) is 0 Å². The van der Waals surface area contributed by atoms with E-state index in [4.69, 9.17) is 5.11 Å². The van der Waals surface area contributed by atoms with Crippen molar-refractivity contribution in [1.82, 2.24) is 10.4 Å². The lowest BCUT2D eigenvalue weighted by Gasteiger charge is -2.25. The van der Waals surface area contributed by atoms with Crippen molar-refractivity contribution < 1.29 is 27.5 Å². The first-order valence-electron chi connectivity index (χ1n) is 6.41. The molecule has 1 aliphatic rings. The number of hydrogen-bond acceptors (Lipinski definition) is 4. The summed E-state index contributed by atoms with van der Waals surface area (Å²) in [5, 5.41) is 9.72. The Morgan fingerprint density at radius 2 is 2.04 bits per heavy atom. The van der Waals surface area contributed by atoms with Gasteiger partial charge in [0.1, 0.15) is 11.3 Å². The van der Waals surface area contributed by atoms with Crippen molar-refractivity contribution in [2.75, 3.05) is 11.6 Å². The molecule has 0 unspecified atom stereocenters. The molecule has 0 bridgehead atoms. The van der Waals surface area contributed by atoms with Crippen molar-refractivity contribution in [3.05, 3.63) is 47.5 Å². The number of rotatable bonds is 2. The van der Waals surface area contributed by atoms with Gasteiger partial charge >= 0.3 is 12.1 Å². The van der Waals surface area contributed by atoms with E-state index in [-0.39, 0.29) is 16.6 Å². The monoisotopic (exact) mass is 327 g/mol. The van der Waals surface area contributed by atoms with Gasteiger partial charge in [-0.15, -0.1) is 0 Å². The molecule has 0 aliphatic carbocycles. The standard InChI is InChI=1S/C14H9F4N3O2/c15-9-3-1-2-7-10(4-5-19-11(7)9)21-12(14(16,17)18)8(6-20-21)13(22)23/h1-5,20H,6H2,(H,22,23). The summed E-state index contributed by atoms with van der Waals surface area (Å²) in [6.07, 6.45) is -3.73. The number of aliphatic carboxylic acids is 1. The molecule has 0 amide bonds. The van der Waals surface area contributed by atoms with Crippen LogP contribution < -0.4 is 10.4 Å². The van der Waals surface area contributed by atoms with E-state index in [2.05, 4.69) is 10.4 Å². The molecule has 1 aromatic carbocycles. The highest BCUT2D eigenvalue weighted by Crippen LogP contribution is 2.38. The highest BCUT2D eigenvalue weighted by atomic mass is 19.4. The quantitative estimate of drug-likeness (QED) is 0.830. The van der Waals surface area contributed by atoms with Crippen molar-refractivity contribution in [1.29, 1.82) is 0 Å². The lowest BCUT2D eigenvalue weighted by Crippen LogP contribution is -2.37. The summed E-state index contributed by atoms with van der Waals surface area (Å²) in [5.41, 5.74) is 0.113. The molecule has 1 aromatic heterocycles. The van der Waals surface area contributed by atoms with E-state index in [0.717, 1.165) is 12.3 Å². The SMILES string of the molecule is O=C(O)C1=C(C(F)(F)F)N(c2ccnc3c(F)cccc23)NC1. The maximum absolute atomic E-state index is 13.8. The Bertz CT molecular complexity index is 832. The zero-order valence-electron chi connectivity index (χ0n) is 11.4. The molecule has 0 radical (unpaired) electrons. The first kappa shape index (κ1) is 15.2. The molecule has 23 heavy (non-hydrogen) atoms. The van der Waals surface area contributed by atoms with Crippen LogP contribution in [0.15, 0.2) is 41.7 Å². The molecule has 9 heteroatoms. The highest BCUT2D eigenvalue weighted by molar-refractivity contribution is 5.95. The van der Waals surface area contributed by atoms with Gasteiger partial charge in [-0.05, 0) is 12.1 Å². The Labute approximate surface area is 126 Å². The topological polar surface area (TPSA) is 65.5 Å². The van der Waals surface area contributed by atoms with Crippen molar-refractivity contribution in [3.8, 4) is 0 Å². The van der Waals surface area contributed by atoms with Gasteiger partial charge in [0.25, 0.3) is 0 Å². The molecule has 1 aliphatic heterocycles. The summed E-state index contributed by atoms with van der Waals surface area (Å²) in [7, 11) is 0. The van der Waals surface area contributed by atoms with Gasteiger partial charge in [-0.2, -0.15) is 13.2 Å². The Morgan fingerprint density at radius 3 is 2.70 bits per heavy atom. The summed E-state index contributed by atoms with van der Waals surface area (Å²) < 4.78 is 53.6. The van der Waals surface area contributed by atoms with E-state index in [9.17, 15) is 22.4 Å². The number of carboxylic acids is 1. The summed E-state index contributed by atoms with van der Waals surface area (Å²) in [5.74, 6) is -2.35. The predicted molar refractivity (Wildman–Crippen MR) is 72.9 cm³/mol. The van der Waals surface area contributed by atoms with Crippen molar-refractivity contribution in [3.63, 3.8) is 0 Å². The number of aromatic nitrogens is 1. The first-order chi connectivity index (χ1) is 10.8. The minimum absolute atomic E-state index is 0.0296. The number of fused-ring (bicyclic) bond motifs is 1. The zero-order valence-corrected chi connectivity index (χ0v) is 11.4. The maximum atomic E-state index is 13.8. The zero-order chi connectivity index (χ0) is 16.8. The Kier molecular flexibility index (Phi) is 3.44. The molecule has 0 spiro atoms. The van der Waals surface area contributed by atoms with Gasteiger partial charge < -0.3 is 5.11 Å². The van der Waals surface area contributed by atoms with Gasteiger partial charge in [0, 0.05) is 18.1 Å². The van der Waals surface area contributed by atoms with Crippen LogP contribution in [-0.2, 0) is 4.79 Å². The van der Waals surface area contributed by atoms with Crippen LogP contribution in [-0.4, -0.2) is 28.8 Å². The smallest absolute Gasteiger partial charge is 0.433 e. The summed E-state index contributed by atoms with van der Waals surface area (Å²) >= 11 is 0. The molecule has 3 rings (SSSR count). The van der Waals surface area contributed by atoms with Gasteiger partial charge in [0.15, 0.2) is 5.70 Å². The number of benzene rings is 1. The molecule has 0 saturated carbocycles. The lowest BCUT2D eigenvalue weighted by molar-refractivity contribution is -0.133. The molecule has 2 heterocycles. The molecule has 0 saturated heterocycles. The Hall–Kier alpha value is -2.68. The summed E-state index contributed by atoms with van der Waals surface area (Å²) in [6, 6.07) is 5.15. The van der Waals surface area contributed by atoms with Gasteiger partial charge in [0.05, 0.1) is 11.3 Å². The number of carboxylic acid groups (broad SMARTS) is 1. The van der Waals surface area contributed by atoms with E-state index in [0.29, 0.717) is 5.01 Å². The fourth-order valence-electron chi connectivity index (χ4n) is 2.46. The number of para-hydroxylation sites is 1. The minimum Gasteiger partial charge on any atom is -0.478 e. The molecule has 0 atom stereocenters. The normalized spacial score (nSPS) is 15.6. The Morgan fingerprint density at radius 1 is 1.30 bits per heavy atom. The average Bonchev–Trinajstić information content (AvgIpc) is 2.92. The van der Waals surface area contributed by atoms with Gasteiger partial charge in [-0.1, -0.05) is 12.1 Å². The van der Waals surface area contributed by atoms with Gasteiger partial charge in [-0.3, -0.25) is 9.99 Å². The number of nitrogens with one attached hydrogen (secondary N) is 1. The van der Waals surface area contributed by atoms with Crippen molar-refractivity contribution in [2.45, 2.75) is 6.18 Å². The number of alkyl halides is 3. The van der Waals surface area contributed by atoms with E-state index in [1.54, 1.807) is 0 Å². The molecule has 120 valence electrons. The number of nitrogens with zero attached hydrogens (tertiary/aromatic N) is 2. The number of halogens is 4. The highest BCUT2D eigenvalue weighted by Gasteiger charge is 2.46. The minimum atomic E-state index is -4.89. The molecular weight excluding hydrogens is 318 g/mol. The second-order valence-electron chi connectivity index (χ2n) is 4.77. The molecular formula is C14H9F4N3O2. The number of carbonyl (C=O) groups is 1. The van der Waals surface area contributed by atoms with Gasteiger partial charge in [-0.25, -0.2) is 14.6 Å². The molecule has 5 nitrogen and oxygen atoms in total. The van der Waals surface area contributed by atoms with Crippen LogP contribution in [0, 0.1) is 5.82 Å². The molecule has 0 fully saturated rings. The summed E-state index contributed by atoms with van der Waals surface area (Å²) in [6.45, 7) is -0.497. The van der Waals surface area contributed by atoms with E-state index < -0.39 is 35.8 Å². The number of hydrogen-bond donors (Lipinski definition) is 2. The van der Waals surface area contributed by atoms with Crippen LogP contribution in [0.25, 0.3) is 10.9 Å².